The molecule has 144 valence electrons. The minimum absolute atomic E-state index is 0.0487. The predicted molar refractivity (Wildman–Crippen MR) is 112 cm³/mol. The smallest absolute Gasteiger partial charge is 0.205 e. The van der Waals surface area contributed by atoms with Gasteiger partial charge in [-0.3, -0.25) is 4.79 Å². The van der Waals surface area contributed by atoms with Crippen molar-refractivity contribution in [1.29, 1.82) is 5.26 Å². The summed E-state index contributed by atoms with van der Waals surface area (Å²) in [5.41, 5.74) is 10.2. The van der Waals surface area contributed by atoms with Gasteiger partial charge in [-0.15, -0.1) is 0 Å². The van der Waals surface area contributed by atoms with Crippen LogP contribution < -0.4 is 5.73 Å². The summed E-state index contributed by atoms with van der Waals surface area (Å²) >= 11 is 0. The highest BCUT2D eigenvalue weighted by atomic mass is 16.5. The zero-order chi connectivity index (χ0) is 20.1. The number of ether oxygens (including phenoxy) is 1. The molecule has 2 N–H and O–H groups in total. The Balaban J connectivity index is 1.78. The molecule has 0 amide bonds. The first-order valence-corrected chi connectivity index (χ1v) is 9.98. The summed E-state index contributed by atoms with van der Waals surface area (Å²) in [6.07, 6.45) is 1.91. The van der Waals surface area contributed by atoms with Crippen molar-refractivity contribution in [2.24, 2.45) is 5.73 Å². The highest BCUT2D eigenvalue weighted by Crippen LogP contribution is 2.44. The van der Waals surface area contributed by atoms with E-state index in [0.717, 1.165) is 34.8 Å². The molecule has 0 unspecified atom stereocenters. The van der Waals surface area contributed by atoms with E-state index in [9.17, 15) is 10.1 Å². The van der Waals surface area contributed by atoms with Gasteiger partial charge in [-0.25, -0.2) is 0 Å². The number of nitrogens with zero attached hydrogens (tertiary/aromatic N) is 2. The molecule has 0 spiro atoms. The average Bonchev–Trinajstić information content (AvgIpc) is 3.06. The van der Waals surface area contributed by atoms with Crippen molar-refractivity contribution >= 4 is 27.6 Å². The lowest BCUT2D eigenvalue weighted by Gasteiger charge is -2.31. The van der Waals surface area contributed by atoms with Gasteiger partial charge in [-0.1, -0.05) is 24.3 Å². The first-order valence-electron chi connectivity index (χ1n) is 9.98. The number of carbonyl (C=O) groups excluding carboxylic acids is 1. The number of hydrogen-bond acceptors (Lipinski definition) is 4. The molecule has 0 bridgehead atoms. The Hall–Kier alpha value is -3.52. The van der Waals surface area contributed by atoms with Crippen molar-refractivity contribution in [2.45, 2.75) is 38.6 Å². The van der Waals surface area contributed by atoms with E-state index in [2.05, 4.69) is 41.8 Å². The van der Waals surface area contributed by atoms with Crippen LogP contribution in [0, 0.1) is 11.3 Å². The van der Waals surface area contributed by atoms with Crippen LogP contribution in [0.3, 0.4) is 0 Å². The molecular formula is C24H21N3O2. The number of aryl methyl sites for hydroxylation is 1. The van der Waals surface area contributed by atoms with Crippen molar-refractivity contribution in [3.8, 4) is 6.07 Å². The molecule has 3 aromatic rings. The van der Waals surface area contributed by atoms with E-state index in [1.165, 1.54) is 5.52 Å². The van der Waals surface area contributed by atoms with Crippen LogP contribution >= 0.6 is 0 Å². The van der Waals surface area contributed by atoms with Gasteiger partial charge in [0.15, 0.2) is 5.78 Å². The fourth-order valence-corrected chi connectivity index (χ4v) is 4.78. The number of Topliss-reactive ketones (excluding diaryl/α,β-unsaturated/α-hetero) is 1. The summed E-state index contributed by atoms with van der Waals surface area (Å²) in [6, 6.07) is 16.7. The quantitative estimate of drug-likeness (QED) is 0.700. The Kier molecular flexibility index (Phi) is 3.95. The number of hydrogen-bond donors (Lipinski definition) is 1. The molecule has 5 nitrogen and oxygen atoms in total. The molecule has 1 aromatic heterocycles. The number of benzene rings is 2. The average molecular weight is 383 g/mol. The Labute approximate surface area is 168 Å². The Morgan fingerprint density at radius 3 is 2.76 bits per heavy atom. The first kappa shape index (κ1) is 17.6. The van der Waals surface area contributed by atoms with Gasteiger partial charge in [0, 0.05) is 46.8 Å². The van der Waals surface area contributed by atoms with E-state index in [-0.39, 0.29) is 11.7 Å². The van der Waals surface area contributed by atoms with Crippen LogP contribution in [0.4, 0.5) is 0 Å². The van der Waals surface area contributed by atoms with E-state index in [1.807, 2.05) is 18.2 Å². The lowest BCUT2D eigenvalue weighted by Crippen LogP contribution is -2.27. The van der Waals surface area contributed by atoms with Gasteiger partial charge in [-0.05, 0) is 37.1 Å². The normalized spacial score (nSPS) is 19.4. The molecule has 2 heterocycles. The van der Waals surface area contributed by atoms with Crippen molar-refractivity contribution in [1.82, 2.24) is 4.57 Å². The van der Waals surface area contributed by atoms with Gasteiger partial charge >= 0.3 is 0 Å². The lowest BCUT2D eigenvalue weighted by molar-refractivity contribution is -0.116. The van der Waals surface area contributed by atoms with E-state index in [1.54, 1.807) is 0 Å². The van der Waals surface area contributed by atoms with E-state index < -0.39 is 5.92 Å². The van der Waals surface area contributed by atoms with E-state index in [0.29, 0.717) is 29.7 Å². The second-order valence-corrected chi connectivity index (χ2v) is 7.58. The molecule has 2 aliphatic rings. The molecule has 0 saturated carbocycles. The monoisotopic (exact) mass is 383 g/mol. The van der Waals surface area contributed by atoms with E-state index in [4.69, 9.17) is 10.5 Å². The van der Waals surface area contributed by atoms with Crippen molar-refractivity contribution in [2.75, 3.05) is 0 Å². The molecule has 0 fully saturated rings. The maximum Gasteiger partial charge on any atom is 0.205 e. The molecule has 5 heteroatoms. The number of carbonyl (C=O) groups is 1. The third kappa shape index (κ3) is 2.49. The van der Waals surface area contributed by atoms with Gasteiger partial charge in [0.25, 0.3) is 0 Å². The van der Waals surface area contributed by atoms with Crippen LogP contribution in [0.1, 0.15) is 37.7 Å². The van der Waals surface area contributed by atoms with Crippen LogP contribution in [-0.2, 0) is 16.1 Å². The highest BCUT2D eigenvalue weighted by molar-refractivity contribution is 6.08. The third-order valence-electron chi connectivity index (χ3n) is 6.05. The maximum absolute atomic E-state index is 12.8. The van der Waals surface area contributed by atoms with Gasteiger partial charge in [0.2, 0.25) is 5.88 Å². The van der Waals surface area contributed by atoms with Crippen molar-refractivity contribution in [3.05, 3.63) is 70.8 Å². The number of fused-ring (bicyclic) bond motifs is 3. The van der Waals surface area contributed by atoms with Gasteiger partial charge in [0.1, 0.15) is 17.4 Å². The molecule has 1 aliphatic heterocycles. The van der Waals surface area contributed by atoms with Crippen LogP contribution in [0.15, 0.2) is 65.3 Å². The van der Waals surface area contributed by atoms with E-state index >= 15 is 0 Å². The Morgan fingerprint density at radius 2 is 1.97 bits per heavy atom. The summed E-state index contributed by atoms with van der Waals surface area (Å²) in [4.78, 5) is 12.8. The molecule has 1 aliphatic carbocycles. The number of nitrogens with two attached hydrogens (primary N) is 1. The molecule has 0 saturated heterocycles. The minimum atomic E-state index is -0.468. The second-order valence-electron chi connectivity index (χ2n) is 7.58. The fourth-order valence-electron chi connectivity index (χ4n) is 4.78. The number of ketones is 1. The summed E-state index contributed by atoms with van der Waals surface area (Å²) < 4.78 is 7.97. The van der Waals surface area contributed by atoms with Crippen molar-refractivity contribution in [3.63, 3.8) is 0 Å². The predicted octanol–water partition coefficient (Wildman–Crippen LogP) is 4.63. The number of aromatic nitrogens is 1. The zero-order valence-electron chi connectivity index (χ0n) is 16.2. The molecule has 1 atom stereocenters. The summed E-state index contributed by atoms with van der Waals surface area (Å²) in [5.74, 6) is 0.318. The molecular weight excluding hydrogens is 362 g/mol. The summed E-state index contributed by atoms with van der Waals surface area (Å²) in [5, 5.41) is 12.1. The third-order valence-corrected chi connectivity index (χ3v) is 6.05. The molecule has 5 rings (SSSR count). The fraction of sp³-hybridized carbons (Fsp3) is 0.250. The highest BCUT2D eigenvalue weighted by Gasteiger charge is 2.38. The van der Waals surface area contributed by atoms with Gasteiger partial charge in [0.05, 0.1) is 5.92 Å². The van der Waals surface area contributed by atoms with Crippen LogP contribution in [0.5, 0.6) is 0 Å². The van der Waals surface area contributed by atoms with Crippen LogP contribution in [0.2, 0.25) is 0 Å². The van der Waals surface area contributed by atoms with Gasteiger partial charge < -0.3 is 15.0 Å². The first-order chi connectivity index (χ1) is 14.1. The number of rotatable bonds is 2. The summed E-state index contributed by atoms with van der Waals surface area (Å²) in [6.45, 7) is 3.00. The SMILES string of the molecule is CCn1c2ccccc2c2cc([C@@H]3C(C#N)=C(N)OC4=C3C(=O)CCC4)ccc21. The summed E-state index contributed by atoms with van der Waals surface area (Å²) in [7, 11) is 0. The largest absolute Gasteiger partial charge is 0.444 e. The second kappa shape index (κ2) is 6.52. The number of allylic oxidation sites excluding steroid dienone is 3. The number of para-hydroxylation sites is 1. The Morgan fingerprint density at radius 1 is 1.17 bits per heavy atom. The topological polar surface area (TPSA) is 81.0 Å². The molecule has 29 heavy (non-hydrogen) atoms. The standard InChI is InChI=1S/C24H21N3O2/c1-2-27-18-7-4-3-6-15(18)16-12-14(10-11-19(16)27)22-17(13-25)24(26)29-21-9-5-8-20(28)23(21)22/h3-4,6-7,10-12,22H,2,5,8-9,26H2,1H3/t22-/m1/s1. The zero-order valence-corrected chi connectivity index (χ0v) is 16.2. The number of nitriles is 1. The minimum Gasteiger partial charge on any atom is -0.444 e. The maximum atomic E-state index is 12.8. The molecule has 0 radical (unpaired) electrons. The van der Waals surface area contributed by atoms with Crippen LogP contribution in [0.25, 0.3) is 21.8 Å². The van der Waals surface area contributed by atoms with Crippen LogP contribution in [-0.4, -0.2) is 10.4 Å². The van der Waals surface area contributed by atoms with Gasteiger partial charge in [-0.2, -0.15) is 5.26 Å². The van der Waals surface area contributed by atoms with Crippen molar-refractivity contribution < 1.29 is 9.53 Å². The Bertz CT molecular complexity index is 1290. The molecule has 2 aromatic carbocycles. The lowest BCUT2D eigenvalue weighted by atomic mass is 9.77.